The van der Waals surface area contributed by atoms with Gasteiger partial charge in [-0.25, -0.2) is 9.59 Å². The van der Waals surface area contributed by atoms with Crippen LogP contribution in [0.15, 0.2) is 91.2 Å². The van der Waals surface area contributed by atoms with Gasteiger partial charge in [-0.15, -0.1) is 0 Å². The number of benzene rings is 4. The molecule has 70 heavy (non-hydrogen) atoms. The molecule has 4 aromatic carbocycles. The molecule has 368 valence electrons. The van der Waals surface area contributed by atoms with Crippen molar-refractivity contribution in [1.82, 2.24) is 0 Å². The predicted molar refractivity (Wildman–Crippen MR) is 251 cm³/mol. The second kappa shape index (κ2) is 18.2. The summed E-state index contributed by atoms with van der Waals surface area (Å²) >= 11 is 0. The van der Waals surface area contributed by atoms with Crippen LogP contribution in [0, 0.1) is 13.8 Å². The fourth-order valence-electron chi connectivity index (χ4n) is 9.34. The minimum atomic E-state index is -1.44. The summed E-state index contributed by atoms with van der Waals surface area (Å²) in [5.74, 6) is -0.395. The lowest BCUT2D eigenvalue weighted by atomic mass is 9.89. The molecule has 19 heteroatoms. The van der Waals surface area contributed by atoms with Crippen molar-refractivity contribution in [2.24, 2.45) is 0 Å². The molecule has 8 atom stereocenters. The molecule has 0 spiro atoms. The Labute approximate surface area is 399 Å². The van der Waals surface area contributed by atoms with Gasteiger partial charge in [0.1, 0.15) is 83.0 Å². The Bertz CT molecular complexity index is 3180. The summed E-state index contributed by atoms with van der Waals surface area (Å²) < 4.78 is 51.9. The Morgan fingerprint density at radius 3 is 1.53 bits per heavy atom. The first-order valence-electron chi connectivity index (χ1n) is 22.3. The van der Waals surface area contributed by atoms with Gasteiger partial charge in [-0.3, -0.25) is 9.59 Å². The van der Waals surface area contributed by atoms with E-state index >= 15 is 0 Å². The zero-order chi connectivity index (χ0) is 50.1. The Balaban J connectivity index is 0.884. The lowest BCUT2D eigenvalue weighted by Crippen LogP contribution is -2.63. The molecule has 0 saturated carbocycles. The van der Waals surface area contributed by atoms with Crippen LogP contribution in [0.3, 0.4) is 0 Å². The minimum Gasteiger partial charge on any atom is -0.488 e. The third-order valence-electron chi connectivity index (χ3n) is 13.1. The van der Waals surface area contributed by atoms with Crippen LogP contribution >= 0.6 is 0 Å². The minimum absolute atomic E-state index is 0.115. The van der Waals surface area contributed by atoms with Crippen molar-refractivity contribution in [3.8, 4) is 28.4 Å². The Kier molecular flexibility index (Phi) is 12.6. The van der Waals surface area contributed by atoms with E-state index in [0.29, 0.717) is 38.8 Å². The van der Waals surface area contributed by atoms with E-state index in [1.807, 2.05) is 0 Å². The lowest BCUT2D eigenvalue weighted by Gasteiger charge is -2.46. The van der Waals surface area contributed by atoms with E-state index in [9.17, 15) is 39.6 Å². The fraction of sp³-hybridized carbons (Fsp3) is 0.373. The van der Waals surface area contributed by atoms with Crippen molar-refractivity contribution in [3.63, 3.8) is 0 Å². The van der Waals surface area contributed by atoms with Crippen LogP contribution in [-0.2, 0) is 25.6 Å². The van der Waals surface area contributed by atoms with Crippen molar-refractivity contribution in [2.45, 2.75) is 109 Å². The number of aliphatic hydroxyl groups excluding tert-OH is 4. The molecule has 3 aliphatic rings. The van der Waals surface area contributed by atoms with Crippen LogP contribution in [-0.4, -0.2) is 107 Å². The molecule has 6 N–H and O–H groups in total. The molecule has 3 aliphatic heterocycles. The van der Waals surface area contributed by atoms with Gasteiger partial charge < -0.3 is 73.1 Å². The smallest absolute Gasteiger partial charge is 0.360 e. The summed E-state index contributed by atoms with van der Waals surface area (Å²) in [6.07, 6.45) is -9.63. The van der Waals surface area contributed by atoms with Crippen molar-refractivity contribution < 1.29 is 72.0 Å². The van der Waals surface area contributed by atoms with Crippen LogP contribution in [0.4, 0.5) is 11.4 Å². The number of ether oxygens (including phenoxy) is 7. The van der Waals surface area contributed by atoms with Crippen LogP contribution in [0.2, 0.25) is 0 Å². The summed E-state index contributed by atoms with van der Waals surface area (Å²) in [5.41, 5.74) is -0.320. The lowest BCUT2D eigenvalue weighted by molar-refractivity contribution is -0.306. The Hall–Kier alpha value is -6.68. The van der Waals surface area contributed by atoms with Crippen molar-refractivity contribution in [3.05, 3.63) is 121 Å². The van der Waals surface area contributed by atoms with Crippen LogP contribution < -0.4 is 36.1 Å². The molecule has 2 saturated heterocycles. The first-order chi connectivity index (χ1) is 33.2. The van der Waals surface area contributed by atoms with E-state index in [0.717, 1.165) is 5.56 Å². The molecule has 2 amide bonds. The number of carbonyl (C=O) groups is 2. The highest BCUT2D eigenvalue weighted by Crippen LogP contribution is 2.40. The average molecular weight is 965 g/mol. The van der Waals surface area contributed by atoms with Gasteiger partial charge >= 0.3 is 11.3 Å². The van der Waals surface area contributed by atoms with Gasteiger partial charge in [0.15, 0.2) is 0 Å². The molecule has 2 aromatic heterocycles. The molecule has 0 aliphatic carbocycles. The number of aryl methyl sites for hydroxylation is 2. The van der Waals surface area contributed by atoms with Crippen molar-refractivity contribution in [2.75, 3.05) is 24.9 Å². The molecule has 2 fully saturated rings. The molecule has 9 rings (SSSR count). The molecule has 0 radical (unpaired) electrons. The number of rotatable bonds is 10. The number of methoxy groups -OCH3 is 2. The zero-order valence-electron chi connectivity index (χ0n) is 39.4. The first-order valence-corrected chi connectivity index (χ1v) is 22.3. The van der Waals surface area contributed by atoms with Gasteiger partial charge in [0.05, 0.1) is 11.2 Å². The van der Waals surface area contributed by atoms with E-state index in [2.05, 4.69) is 10.6 Å². The monoisotopic (exact) mass is 964 g/mol. The third-order valence-corrected chi connectivity index (χ3v) is 13.1. The zero-order valence-corrected chi connectivity index (χ0v) is 39.4. The quantitative estimate of drug-likeness (QED) is 0.0978. The van der Waals surface area contributed by atoms with Crippen LogP contribution in [0.1, 0.15) is 65.1 Å². The van der Waals surface area contributed by atoms with E-state index in [1.165, 1.54) is 32.4 Å². The molecule has 0 unspecified atom stereocenters. The molecule has 5 heterocycles. The summed E-state index contributed by atoms with van der Waals surface area (Å²) in [4.78, 5) is 53.8. The van der Waals surface area contributed by atoms with Crippen LogP contribution in [0.25, 0.3) is 33.1 Å². The van der Waals surface area contributed by atoms with E-state index in [1.54, 1.807) is 96.1 Å². The maximum Gasteiger partial charge on any atom is 0.360 e. The number of aliphatic hydroxyl groups is 4. The number of hydrogen-bond acceptors (Lipinski definition) is 17. The Morgan fingerprint density at radius 2 is 1.06 bits per heavy atom. The largest absolute Gasteiger partial charge is 0.488 e. The molecule has 6 aromatic rings. The number of amides is 2. The molecular formula is C51H52N2O17. The third kappa shape index (κ3) is 8.68. The second-order valence-electron chi connectivity index (χ2n) is 18.6. The van der Waals surface area contributed by atoms with Gasteiger partial charge in [-0.2, -0.15) is 0 Å². The Morgan fingerprint density at radius 1 is 0.600 bits per heavy atom. The highest BCUT2D eigenvalue weighted by Gasteiger charge is 2.52. The first kappa shape index (κ1) is 48.3. The maximum atomic E-state index is 13.7. The summed E-state index contributed by atoms with van der Waals surface area (Å²) in [6.45, 7) is 10.2. The normalized spacial score (nSPS) is 24.5. The topological polar surface area (TPSA) is 264 Å². The summed E-state index contributed by atoms with van der Waals surface area (Å²) in [7, 11) is 2.82. The average Bonchev–Trinajstić information content (AvgIpc) is 3.32. The number of anilines is 2. The van der Waals surface area contributed by atoms with Gasteiger partial charge in [0.25, 0.3) is 11.8 Å². The standard InChI is InChI=1S/C51H52N2O17/c1-22-33(65-48-38(56)36(54)42(62-7)50(3,4)69-48)15-12-24-18-31(46(60)67-40(22)24)52-44(58)26-9-10-28-21-64-35-20-27(11-14-29(35)30(28)17-26)45(59)53-32-19-25-13-16-34(23(2)41(25)68-47(32)61)66-49-39(57)37(55)43(63-8)51(5,6)70-49/h9-20,36-39,42-43,48-49,54-57H,21H2,1-8H3,(H,52,58)(H,53,59)/t36-,37-,38+,39+,42+,43+,48+,49+/m0/s1. The summed E-state index contributed by atoms with van der Waals surface area (Å²) in [6, 6.07) is 19.1. The fourth-order valence-corrected chi connectivity index (χ4v) is 9.34. The highest BCUT2D eigenvalue weighted by atomic mass is 16.7. The second-order valence-corrected chi connectivity index (χ2v) is 18.6. The van der Waals surface area contributed by atoms with E-state index in [4.69, 9.17) is 42.0 Å². The predicted octanol–water partition coefficient (Wildman–Crippen LogP) is 5.08. The maximum absolute atomic E-state index is 13.7. The molecular weight excluding hydrogens is 913 g/mol. The SMILES string of the molecule is CO[C@@H]1[C@@H](O)[C@@H](O)[C@H](Oc2ccc3cc(NC(=O)c4ccc5c(c4)OCc4ccc(C(=O)Nc6cc7ccc(O[C@@H]8OC(C)(C)[C@H](OC)[C@@H](O)[C@H]8O)c(C)c7oc6=O)cc4-5)c(=O)oc3c2C)OC1(C)C. The highest BCUT2D eigenvalue weighted by molar-refractivity contribution is 6.07. The van der Waals surface area contributed by atoms with Crippen molar-refractivity contribution in [1.29, 1.82) is 0 Å². The van der Waals surface area contributed by atoms with Gasteiger partial charge in [0.2, 0.25) is 12.6 Å². The number of carbonyl (C=O) groups excluding carboxylic acids is 2. The number of nitrogens with one attached hydrogen (secondary N) is 2. The van der Waals surface area contributed by atoms with E-state index in [-0.39, 0.29) is 51.8 Å². The molecule has 0 bridgehead atoms. The van der Waals surface area contributed by atoms with Gasteiger partial charge in [-0.1, -0.05) is 6.07 Å². The van der Waals surface area contributed by atoms with Crippen LogP contribution in [0.5, 0.6) is 17.2 Å². The van der Waals surface area contributed by atoms with E-state index < -0.39 is 83.5 Å². The van der Waals surface area contributed by atoms with Crippen molar-refractivity contribution >= 4 is 45.1 Å². The van der Waals surface area contributed by atoms with Gasteiger partial charge in [-0.05, 0) is 119 Å². The van der Waals surface area contributed by atoms with Gasteiger partial charge in [0, 0.05) is 52.8 Å². The summed E-state index contributed by atoms with van der Waals surface area (Å²) in [5, 5.41) is 49.0. The number of fused-ring (bicyclic) bond motifs is 5. The number of hydrogen-bond donors (Lipinski definition) is 6. The molecule has 19 nitrogen and oxygen atoms in total.